The molecule has 1 atom stereocenters. The van der Waals surface area contributed by atoms with Gasteiger partial charge in [0.1, 0.15) is 5.69 Å². The zero-order chi connectivity index (χ0) is 13.2. The van der Waals surface area contributed by atoms with Crippen molar-refractivity contribution in [1.82, 2.24) is 10.3 Å². The Morgan fingerprint density at radius 3 is 2.94 bits per heavy atom. The number of aromatic amines is 1. The smallest absolute Gasteiger partial charge is 0.354 e. The number of methoxy groups -OCH3 is 1. The number of ether oxygens (including phenoxy) is 1. The molecule has 1 aliphatic carbocycles. The summed E-state index contributed by atoms with van der Waals surface area (Å²) >= 11 is 0. The van der Waals surface area contributed by atoms with E-state index in [4.69, 9.17) is 0 Å². The zero-order valence-electron chi connectivity index (χ0n) is 11.4. The Kier molecular flexibility index (Phi) is 3.76. The van der Waals surface area contributed by atoms with Crippen molar-refractivity contribution in [1.29, 1.82) is 0 Å². The molecule has 100 valence electrons. The van der Waals surface area contributed by atoms with Gasteiger partial charge in [-0.3, -0.25) is 0 Å². The topological polar surface area (TPSA) is 54.1 Å². The van der Waals surface area contributed by atoms with Crippen molar-refractivity contribution < 1.29 is 9.53 Å². The van der Waals surface area contributed by atoms with Crippen molar-refractivity contribution in [2.45, 2.75) is 45.7 Å². The monoisotopic (exact) mass is 250 g/mol. The second kappa shape index (κ2) is 5.14. The first-order valence-corrected chi connectivity index (χ1v) is 6.50. The molecule has 0 spiro atoms. The maximum absolute atomic E-state index is 11.3. The van der Waals surface area contributed by atoms with Gasteiger partial charge in [0.25, 0.3) is 0 Å². The SMILES string of the molecule is COC(=O)c1ccc(CNC2CCC(C)(C)C2)[nH]1. The molecule has 0 amide bonds. The first kappa shape index (κ1) is 13.1. The van der Waals surface area contributed by atoms with Gasteiger partial charge in [0.15, 0.2) is 0 Å². The van der Waals surface area contributed by atoms with Crippen LogP contribution in [-0.2, 0) is 11.3 Å². The third-order valence-electron chi connectivity index (χ3n) is 3.70. The highest BCUT2D eigenvalue weighted by atomic mass is 16.5. The van der Waals surface area contributed by atoms with Crippen LogP contribution < -0.4 is 5.32 Å². The van der Waals surface area contributed by atoms with Gasteiger partial charge in [-0.15, -0.1) is 0 Å². The van der Waals surface area contributed by atoms with E-state index in [1.807, 2.05) is 6.07 Å². The molecule has 2 rings (SSSR count). The highest BCUT2D eigenvalue weighted by Crippen LogP contribution is 2.36. The van der Waals surface area contributed by atoms with Gasteiger partial charge in [-0.1, -0.05) is 13.8 Å². The van der Waals surface area contributed by atoms with E-state index in [0.717, 1.165) is 12.2 Å². The predicted molar refractivity (Wildman–Crippen MR) is 70.4 cm³/mol. The van der Waals surface area contributed by atoms with Crippen LogP contribution in [0, 0.1) is 5.41 Å². The van der Waals surface area contributed by atoms with E-state index in [-0.39, 0.29) is 5.97 Å². The van der Waals surface area contributed by atoms with Gasteiger partial charge in [0, 0.05) is 18.3 Å². The molecule has 1 aromatic rings. The lowest BCUT2D eigenvalue weighted by molar-refractivity contribution is 0.0594. The van der Waals surface area contributed by atoms with Crippen molar-refractivity contribution in [3.8, 4) is 0 Å². The number of aromatic nitrogens is 1. The molecule has 1 aliphatic rings. The molecule has 1 heterocycles. The molecule has 1 unspecified atom stereocenters. The molecule has 0 aliphatic heterocycles. The van der Waals surface area contributed by atoms with E-state index >= 15 is 0 Å². The second-order valence-corrected chi connectivity index (χ2v) is 5.87. The lowest BCUT2D eigenvalue weighted by Crippen LogP contribution is -2.27. The first-order chi connectivity index (χ1) is 8.50. The summed E-state index contributed by atoms with van der Waals surface area (Å²) in [6.07, 6.45) is 3.73. The highest BCUT2D eigenvalue weighted by molar-refractivity contribution is 5.87. The highest BCUT2D eigenvalue weighted by Gasteiger charge is 2.30. The standard InChI is InChI=1S/C14H22N2O2/c1-14(2)7-6-10(8-14)15-9-11-4-5-12(16-11)13(17)18-3/h4-5,10,15-16H,6-9H2,1-3H3. The molecule has 2 N–H and O–H groups in total. The Morgan fingerprint density at radius 1 is 1.56 bits per heavy atom. The van der Waals surface area contributed by atoms with Crippen LogP contribution in [0.25, 0.3) is 0 Å². The summed E-state index contributed by atoms with van der Waals surface area (Å²) in [5.74, 6) is -0.316. The van der Waals surface area contributed by atoms with Crippen LogP contribution in [0.5, 0.6) is 0 Å². The van der Waals surface area contributed by atoms with Crippen LogP contribution in [0.3, 0.4) is 0 Å². The maximum atomic E-state index is 11.3. The third kappa shape index (κ3) is 3.13. The van der Waals surface area contributed by atoms with E-state index < -0.39 is 0 Å². The predicted octanol–water partition coefficient (Wildman–Crippen LogP) is 2.47. The van der Waals surface area contributed by atoms with Crippen molar-refractivity contribution in [3.63, 3.8) is 0 Å². The normalized spacial score (nSPS) is 22.1. The molecule has 0 saturated heterocycles. The van der Waals surface area contributed by atoms with E-state index in [0.29, 0.717) is 17.2 Å². The number of esters is 1. The Morgan fingerprint density at radius 2 is 2.33 bits per heavy atom. The quantitative estimate of drug-likeness (QED) is 0.807. The minimum Gasteiger partial charge on any atom is -0.464 e. The summed E-state index contributed by atoms with van der Waals surface area (Å²) in [4.78, 5) is 14.4. The zero-order valence-corrected chi connectivity index (χ0v) is 11.4. The van der Waals surface area contributed by atoms with Crippen molar-refractivity contribution in [2.75, 3.05) is 7.11 Å². The number of carbonyl (C=O) groups excluding carboxylic acids is 1. The van der Waals surface area contributed by atoms with Gasteiger partial charge in [-0.05, 0) is 36.8 Å². The minimum atomic E-state index is -0.316. The largest absolute Gasteiger partial charge is 0.464 e. The van der Waals surface area contributed by atoms with Gasteiger partial charge < -0.3 is 15.0 Å². The second-order valence-electron chi connectivity index (χ2n) is 5.87. The molecule has 4 nitrogen and oxygen atoms in total. The van der Waals surface area contributed by atoms with E-state index in [1.54, 1.807) is 6.07 Å². The maximum Gasteiger partial charge on any atom is 0.354 e. The Hall–Kier alpha value is -1.29. The number of rotatable bonds is 4. The minimum absolute atomic E-state index is 0.316. The van der Waals surface area contributed by atoms with Crippen molar-refractivity contribution in [2.24, 2.45) is 5.41 Å². The van der Waals surface area contributed by atoms with Gasteiger partial charge in [0.05, 0.1) is 7.11 Å². The molecule has 1 saturated carbocycles. The van der Waals surface area contributed by atoms with Crippen LogP contribution in [-0.4, -0.2) is 24.1 Å². The first-order valence-electron chi connectivity index (χ1n) is 6.50. The summed E-state index contributed by atoms with van der Waals surface area (Å²) in [7, 11) is 1.39. The van der Waals surface area contributed by atoms with Gasteiger partial charge in [-0.2, -0.15) is 0 Å². The van der Waals surface area contributed by atoms with E-state index in [1.165, 1.54) is 26.4 Å². The molecule has 0 aromatic carbocycles. The molecular weight excluding hydrogens is 228 g/mol. The number of nitrogens with one attached hydrogen (secondary N) is 2. The average molecular weight is 250 g/mol. The summed E-state index contributed by atoms with van der Waals surface area (Å²) in [6, 6.07) is 4.28. The van der Waals surface area contributed by atoms with Gasteiger partial charge >= 0.3 is 5.97 Å². The van der Waals surface area contributed by atoms with Gasteiger partial charge in [0.2, 0.25) is 0 Å². The Balaban J connectivity index is 1.84. The lowest BCUT2D eigenvalue weighted by atomic mass is 9.92. The van der Waals surface area contributed by atoms with Crippen molar-refractivity contribution >= 4 is 5.97 Å². The summed E-state index contributed by atoms with van der Waals surface area (Å²) in [6.45, 7) is 5.41. The average Bonchev–Trinajstić information content (AvgIpc) is 2.92. The number of carbonyl (C=O) groups is 1. The molecule has 1 fully saturated rings. The summed E-state index contributed by atoms with van der Waals surface area (Å²) < 4.78 is 4.66. The molecule has 4 heteroatoms. The van der Waals surface area contributed by atoms with E-state index in [9.17, 15) is 4.79 Å². The van der Waals surface area contributed by atoms with Crippen LogP contribution in [0.4, 0.5) is 0 Å². The third-order valence-corrected chi connectivity index (χ3v) is 3.70. The Labute approximate surface area is 108 Å². The number of hydrogen-bond acceptors (Lipinski definition) is 3. The summed E-state index contributed by atoms with van der Waals surface area (Å²) in [5.41, 5.74) is 2.01. The lowest BCUT2D eigenvalue weighted by Gasteiger charge is -2.17. The number of H-pyrrole nitrogens is 1. The van der Waals surface area contributed by atoms with Crippen LogP contribution in [0.1, 0.15) is 49.3 Å². The fraction of sp³-hybridized carbons (Fsp3) is 0.643. The van der Waals surface area contributed by atoms with Crippen LogP contribution in [0.2, 0.25) is 0 Å². The molecular formula is C14H22N2O2. The van der Waals surface area contributed by atoms with Crippen LogP contribution in [0.15, 0.2) is 12.1 Å². The van der Waals surface area contributed by atoms with Gasteiger partial charge in [-0.25, -0.2) is 4.79 Å². The molecule has 18 heavy (non-hydrogen) atoms. The summed E-state index contributed by atoms with van der Waals surface area (Å²) in [5, 5.41) is 3.54. The molecule has 0 radical (unpaired) electrons. The van der Waals surface area contributed by atoms with E-state index in [2.05, 4.69) is 28.9 Å². The fourth-order valence-electron chi connectivity index (χ4n) is 2.64. The van der Waals surface area contributed by atoms with Crippen LogP contribution >= 0.6 is 0 Å². The molecule has 0 bridgehead atoms. The molecule has 1 aromatic heterocycles. The number of hydrogen-bond donors (Lipinski definition) is 2. The fourth-order valence-corrected chi connectivity index (χ4v) is 2.64. The van der Waals surface area contributed by atoms with Crippen molar-refractivity contribution in [3.05, 3.63) is 23.5 Å². The Bertz CT molecular complexity index is 423.